The van der Waals surface area contributed by atoms with Gasteiger partial charge in [-0.3, -0.25) is 4.79 Å². The number of nitrogens with one attached hydrogen (secondary N) is 2. The van der Waals surface area contributed by atoms with Gasteiger partial charge in [0.25, 0.3) is 0 Å². The number of benzene rings is 2. The van der Waals surface area contributed by atoms with Crippen LogP contribution in [0.15, 0.2) is 46.9 Å². The quantitative estimate of drug-likeness (QED) is 0.485. The number of anilines is 1. The van der Waals surface area contributed by atoms with Gasteiger partial charge in [0, 0.05) is 35.5 Å². The van der Waals surface area contributed by atoms with Crippen LogP contribution in [0.25, 0.3) is 21.9 Å². The van der Waals surface area contributed by atoms with Crippen LogP contribution in [0.2, 0.25) is 0 Å². The summed E-state index contributed by atoms with van der Waals surface area (Å²) in [6, 6.07) is 13.2. The molecule has 0 aliphatic heterocycles. The first kappa shape index (κ1) is 17.8. The standard InChI is InChI=1S/C20H22N2O4/c1-25-19(23)9-3-2-6-12-21-20(24)22-14-10-11-16-15-7-4-5-8-17(15)26-18(16)13-14/h4-5,7-8,10-11,13H,2-3,6,9,12H2,1H3,(H2,21,22,24). The Bertz CT molecular complexity index is 916. The van der Waals surface area contributed by atoms with Crippen LogP contribution >= 0.6 is 0 Å². The normalized spacial score (nSPS) is 10.8. The largest absolute Gasteiger partial charge is 0.469 e. The molecule has 26 heavy (non-hydrogen) atoms. The molecule has 0 saturated heterocycles. The Morgan fingerprint density at radius 3 is 2.65 bits per heavy atom. The molecule has 136 valence electrons. The molecule has 2 N–H and O–H groups in total. The number of urea groups is 1. The second-order valence-corrected chi connectivity index (χ2v) is 6.08. The molecule has 2 amide bonds. The zero-order valence-electron chi connectivity index (χ0n) is 14.7. The second-order valence-electron chi connectivity index (χ2n) is 6.08. The lowest BCUT2D eigenvalue weighted by Gasteiger charge is -2.07. The van der Waals surface area contributed by atoms with Crippen molar-refractivity contribution >= 4 is 39.6 Å². The van der Waals surface area contributed by atoms with Gasteiger partial charge >= 0.3 is 12.0 Å². The van der Waals surface area contributed by atoms with Gasteiger partial charge in [-0.25, -0.2) is 4.79 Å². The zero-order chi connectivity index (χ0) is 18.4. The maximum atomic E-state index is 12.0. The summed E-state index contributed by atoms with van der Waals surface area (Å²) in [5.74, 6) is -0.198. The van der Waals surface area contributed by atoms with Crippen LogP contribution < -0.4 is 10.6 Å². The fraction of sp³-hybridized carbons (Fsp3) is 0.300. The number of hydrogen-bond acceptors (Lipinski definition) is 4. The first-order chi connectivity index (χ1) is 12.7. The van der Waals surface area contributed by atoms with E-state index in [4.69, 9.17) is 4.42 Å². The lowest BCUT2D eigenvalue weighted by Crippen LogP contribution is -2.29. The van der Waals surface area contributed by atoms with E-state index in [9.17, 15) is 9.59 Å². The van der Waals surface area contributed by atoms with Gasteiger partial charge in [0.05, 0.1) is 7.11 Å². The maximum Gasteiger partial charge on any atom is 0.319 e. The molecule has 0 fully saturated rings. The Morgan fingerprint density at radius 1 is 1.00 bits per heavy atom. The summed E-state index contributed by atoms with van der Waals surface area (Å²) in [5, 5.41) is 7.71. The van der Waals surface area contributed by atoms with Gasteiger partial charge in [-0.15, -0.1) is 0 Å². The number of rotatable bonds is 7. The fourth-order valence-electron chi connectivity index (χ4n) is 2.85. The Morgan fingerprint density at radius 2 is 1.81 bits per heavy atom. The summed E-state index contributed by atoms with van der Waals surface area (Å²) in [5.41, 5.74) is 2.25. The lowest BCUT2D eigenvalue weighted by atomic mass is 10.1. The van der Waals surface area contributed by atoms with Gasteiger partial charge < -0.3 is 19.8 Å². The molecule has 3 rings (SSSR count). The van der Waals surface area contributed by atoms with Gasteiger partial charge in [-0.1, -0.05) is 24.6 Å². The molecule has 0 bridgehead atoms. The van der Waals surface area contributed by atoms with Crippen LogP contribution in [-0.4, -0.2) is 25.7 Å². The second kappa shape index (κ2) is 8.38. The summed E-state index contributed by atoms with van der Waals surface area (Å²) in [7, 11) is 1.39. The number of hydrogen-bond donors (Lipinski definition) is 2. The third-order valence-corrected chi connectivity index (χ3v) is 4.21. The van der Waals surface area contributed by atoms with Gasteiger partial charge in [0.2, 0.25) is 0 Å². The van der Waals surface area contributed by atoms with E-state index in [0.29, 0.717) is 18.7 Å². The van der Waals surface area contributed by atoms with Crippen molar-refractivity contribution in [2.75, 3.05) is 19.0 Å². The van der Waals surface area contributed by atoms with E-state index in [2.05, 4.69) is 15.4 Å². The van der Waals surface area contributed by atoms with Crippen LogP contribution in [0.1, 0.15) is 25.7 Å². The third-order valence-electron chi connectivity index (χ3n) is 4.21. The predicted molar refractivity (Wildman–Crippen MR) is 101 cm³/mol. The molecule has 6 heteroatoms. The van der Waals surface area contributed by atoms with Crippen molar-refractivity contribution in [1.82, 2.24) is 5.32 Å². The van der Waals surface area contributed by atoms with Crippen molar-refractivity contribution in [1.29, 1.82) is 0 Å². The summed E-state index contributed by atoms with van der Waals surface area (Å²) in [4.78, 5) is 23.0. The number of ether oxygens (including phenoxy) is 1. The molecule has 0 spiro atoms. The number of amides is 2. The topological polar surface area (TPSA) is 80.6 Å². The molecule has 0 unspecified atom stereocenters. The Balaban J connectivity index is 1.48. The van der Waals surface area contributed by atoms with Gasteiger partial charge in [-0.05, 0) is 31.0 Å². The average molecular weight is 354 g/mol. The molecule has 2 aromatic carbocycles. The summed E-state index contributed by atoms with van der Waals surface area (Å²) in [6.45, 7) is 0.555. The maximum absolute atomic E-state index is 12.0. The minimum Gasteiger partial charge on any atom is -0.469 e. The van der Waals surface area contributed by atoms with Crippen molar-refractivity contribution in [3.05, 3.63) is 42.5 Å². The lowest BCUT2D eigenvalue weighted by molar-refractivity contribution is -0.140. The number of carbonyl (C=O) groups is 2. The zero-order valence-corrected chi connectivity index (χ0v) is 14.7. The highest BCUT2D eigenvalue weighted by Crippen LogP contribution is 2.30. The molecule has 1 aromatic heterocycles. The molecule has 0 radical (unpaired) electrons. The molecule has 0 atom stereocenters. The van der Waals surface area contributed by atoms with E-state index in [1.807, 2.05) is 42.5 Å². The number of unbranched alkanes of at least 4 members (excludes halogenated alkanes) is 2. The number of fused-ring (bicyclic) bond motifs is 3. The molecular formula is C20H22N2O4. The number of methoxy groups -OCH3 is 1. The number of carbonyl (C=O) groups excluding carboxylic acids is 2. The third kappa shape index (κ3) is 4.33. The van der Waals surface area contributed by atoms with Crippen molar-refractivity contribution < 1.29 is 18.7 Å². The first-order valence-electron chi connectivity index (χ1n) is 8.70. The molecular weight excluding hydrogens is 332 g/mol. The van der Waals surface area contributed by atoms with Gasteiger partial charge in [0.1, 0.15) is 11.2 Å². The van der Waals surface area contributed by atoms with Gasteiger partial charge in [0.15, 0.2) is 0 Å². The number of para-hydroxylation sites is 1. The minimum absolute atomic E-state index is 0.198. The highest BCUT2D eigenvalue weighted by Gasteiger charge is 2.08. The molecule has 0 aliphatic carbocycles. The SMILES string of the molecule is COC(=O)CCCCCNC(=O)Nc1ccc2c(c1)oc1ccccc12. The van der Waals surface area contributed by atoms with E-state index in [0.717, 1.165) is 41.2 Å². The Hall–Kier alpha value is -3.02. The Labute approximate surface area is 151 Å². The molecule has 0 saturated carbocycles. The van der Waals surface area contributed by atoms with E-state index < -0.39 is 0 Å². The Kier molecular flexibility index (Phi) is 5.73. The van der Waals surface area contributed by atoms with E-state index in [-0.39, 0.29) is 12.0 Å². The van der Waals surface area contributed by atoms with E-state index in [1.54, 1.807) is 0 Å². The van der Waals surface area contributed by atoms with Crippen LogP contribution in [0, 0.1) is 0 Å². The van der Waals surface area contributed by atoms with Crippen molar-refractivity contribution in [3.63, 3.8) is 0 Å². The van der Waals surface area contributed by atoms with E-state index in [1.165, 1.54) is 7.11 Å². The van der Waals surface area contributed by atoms with E-state index >= 15 is 0 Å². The van der Waals surface area contributed by atoms with Crippen LogP contribution in [0.4, 0.5) is 10.5 Å². The number of esters is 1. The average Bonchev–Trinajstić information content (AvgIpc) is 3.02. The van der Waals surface area contributed by atoms with Gasteiger partial charge in [-0.2, -0.15) is 0 Å². The smallest absolute Gasteiger partial charge is 0.319 e. The first-order valence-corrected chi connectivity index (χ1v) is 8.70. The van der Waals surface area contributed by atoms with Crippen LogP contribution in [0.3, 0.4) is 0 Å². The highest BCUT2D eigenvalue weighted by atomic mass is 16.5. The molecule has 0 aliphatic rings. The molecule has 1 heterocycles. The highest BCUT2D eigenvalue weighted by molar-refractivity contribution is 6.06. The van der Waals surface area contributed by atoms with Crippen molar-refractivity contribution in [3.8, 4) is 0 Å². The number of furan rings is 1. The fourth-order valence-corrected chi connectivity index (χ4v) is 2.85. The summed E-state index contributed by atoms with van der Waals surface area (Å²) >= 11 is 0. The van der Waals surface area contributed by atoms with Crippen LogP contribution in [0.5, 0.6) is 0 Å². The summed E-state index contributed by atoms with van der Waals surface area (Å²) < 4.78 is 10.4. The monoisotopic (exact) mass is 354 g/mol. The molecule has 6 nitrogen and oxygen atoms in total. The van der Waals surface area contributed by atoms with Crippen molar-refractivity contribution in [2.24, 2.45) is 0 Å². The minimum atomic E-state index is -0.256. The predicted octanol–water partition coefficient (Wildman–Crippen LogP) is 4.44. The molecule has 3 aromatic rings. The van der Waals surface area contributed by atoms with Crippen molar-refractivity contribution in [2.45, 2.75) is 25.7 Å². The summed E-state index contributed by atoms with van der Waals surface area (Å²) in [6.07, 6.45) is 2.85. The van der Waals surface area contributed by atoms with Crippen LogP contribution in [-0.2, 0) is 9.53 Å².